The molecule has 0 spiro atoms. The first-order chi connectivity index (χ1) is 10.8. The van der Waals surface area contributed by atoms with Crippen molar-refractivity contribution >= 4 is 26.8 Å². The molecule has 7 nitrogen and oxygen atoms in total. The van der Waals surface area contributed by atoms with Gasteiger partial charge in [-0.25, -0.2) is 18.1 Å². The Labute approximate surface area is 135 Å². The monoisotopic (exact) mass is 335 g/mol. The Morgan fingerprint density at radius 1 is 1.30 bits per heavy atom. The fraction of sp³-hybridized carbons (Fsp3) is 0.333. The standard InChI is InChI=1S/C15H21N5O2S/c1-10(2)13(20-15(16)17)9-19-23(21,22)14-5-3-4-11-8-18-7-6-12(11)14/h3-8,10,13,19H,9H2,1-2H3,(H4,16,17,20). The van der Waals surface area contributed by atoms with E-state index in [0.29, 0.717) is 5.39 Å². The van der Waals surface area contributed by atoms with Gasteiger partial charge in [0, 0.05) is 29.7 Å². The molecule has 2 rings (SSSR count). The molecule has 0 bridgehead atoms. The Kier molecular flexibility index (Phi) is 5.17. The summed E-state index contributed by atoms with van der Waals surface area (Å²) in [7, 11) is -3.68. The van der Waals surface area contributed by atoms with E-state index < -0.39 is 10.0 Å². The molecule has 23 heavy (non-hydrogen) atoms. The molecule has 1 atom stereocenters. The predicted molar refractivity (Wildman–Crippen MR) is 91.4 cm³/mol. The molecule has 0 aliphatic carbocycles. The zero-order valence-electron chi connectivity index (χ0n) is 13.1. The van der Waals surface area contributed by atoms with Gasteiger partial charge in [0.25, 0.3) is 0 Å². The number of sulfonamides is 1. The van der Waals surface area contributed by atoms with Gasteiger partial charge in [0.15, 0.2) is 5.96 Å². The molecule has 0 saturated heterocycles. The first-order valence-electron chi connectivity index (χ1n) is 7.22. The number of nitrogens with two attached hydrogens (primary N) is 2. The van der Waals surface area contributed by atoms with Crippen molar-refractivity contribution in [2.45, 2.75) is 24.8 Å². The largest absolute Gasteiger partial charge is 0.370 e. The van der Waals surface area contributed by atoms with E-state index in [1.807, 2.05) is 19.9 Å². The summed E-state index contributed by atoms with van der Waals surface area (Å²) >= 11 is 0. The fourth-order valence-electron chi connectivity index (χ4n) is 2.22. The van der Waals surface area contributed by atoms with Crippen molar-refractivity contribution in [3.8, 4) is 0 Å². The number of fused-ring (bicyclic) bond motifs is 1. The number of aromatic nitrogens is 1. The minimum atomic E-state index is -3.68. The molecule has 1 heterocycles. The van der Waals surface area contributed by atoms with Crippen molar-refractivity contribution in [2.24, 2.45) is 22.4 Å². The maximum Gasteiger partial charge on any atom is 0.241 e. The molecule has 0 fully saturated rings. The highest BCUT2D eigenvalue weighted by Gasteiger charge is 2.20. The lowest BCUT2D eigenvalue weighted by molar-refractivity contribution is 0.483. The number of hydrogen-bond acceptors (Lipinski definition) is 4. The summed E-state index contributed by atoms with van der Waals surface area (Å²) in [5, 5.41) is 1.39. The number of guanidine groups is 1. The molecule has 1 unspecified atom stereocenters. The topological polar surface area (TPSA) is 123 Å². The molecule has 0 amide bonds. The minimum Gasteiger partial charge on any atom is -0.370 e. The Hall–Kier alpha value is -2.19. The fourth-order valence-corrected chi connectivity index (χ4v) is 3.50. The number of nitrogens with zero attached hydrogens (tertiary/aromatic N) is 2. The SMILES string of the molecule is CC(C)C(CNS(=O)(=O)c1cccc2cnccc12)N=C(N)N. The molecule has 1 aromatic carbocycles. The van der Waals surface area contributed by atoms with Gasteiger partial charge in [-0.2, -0.15) is 0 Å². The van der Waals surface area contributed by atoms with E-state index in [4.69, 9.17) is 11.5 Å². The summed E-state index contributed by atoms with van der Waals surface area (Å²) in [6.45, 7) is 3.98. The highest BCUT2D eigenvalue weighted by molar-refractivity contribution is 7.89. The third-order valence-corrected chi connectivity index (χ3v) is 4.98. The molecule has 0 saturated carbocycles. The lowest BCUT2D eigenvalue weighted by Crippen LogP contribution is -2.36. The van der Waals surface area contributed by atoms with Gasteiger partial charge in [-0.15, -0.1) is 0 Å². The second kappa shape index (κ2) is 6.93. The zero-order chi connectivity index (χ0) is 17.0. The summed E-state index contributed by atoms with van der Waals surface area (Å²) in [5.41, 5.74) is 10.8. The molecular formula is C15H21N5O2S. The van der Waals surface area contributed by atoms with Crippen molar-refractivity contribution in [3.63, 3.8) is 0 Å². The Morgan fingerprint density at radius 2 is 2.04 bits per heavy atom. The number of benzene rings is 1. The van der Waals surface area contributed by atoms with E-state index in [0.717, 1.165) is 5.39 Å². The minimum absolute atomic E-state index is 0.0564. The molecule has 2 aromatic rings. The van der Waals surface area contributed by atoms with Gasteiger partial charge < -0.3 is 11.5 Å². The average molecular weight is 335 g/mol. The predicted octanol–water partition coefficient (Wildman–Crippen LogP) is 0.811. The number of nitrogens with one attached hydrogen (secondary N) is 1. The van der Waals surface area contributed by atoms with Crippen LogP contribution in [0.3, 0.4) is 0 Å². The Balaban J connectivity index is 2.29. The van der Waals surface area contributed by atoms with Crippen LogP contribution < -0.4 is 16.2 Å². The van der Waals surface area contributed by atoms with Crippen LogP contribution in [-0.4, -0.2) is 31.9 Å². The quantitative estimate of drug-likeness (QED) is 0.532. The highest BCUT2D eigenvalue weighted by Crippen LogP contribution is 2.22. The van der Waals surface area contributed by atoms with Crippen LogP contribution in [0.15, 0.2) is 46.5 Å². The van der Waals surface area contributed by atoms with E-state index in [2.05, 4.69) is 14.7 Å². The van der Waals surface area contributed by atoms with Crippen molar-refractivity contribution in [2.75, 3.05) is 6.54 Å². The van der Waals surface area contributed by atoms with Gasteiger partial charge >= 0.3 is 0 Å². The van der Waals surface area contributed by atoms with E-state index in [1.165, 1.54) is 0 Å². The third-order valence-electron chi connectivity index (χ3n) is 3.50. The lowest BCUT2D eigenvalue weighted by atomic mass is 10.1. The second-order valence-corrected chi connectivity index (χ2v) is 7.31. The van der Waals surface area contributed by atoms with Crippen LogP contribution in [0.5, 0.6) is 0 Å². The Bertz CT molecular complexity index is 808. The zero-order valence-corrected chi connectivity index (χ0v) is 13.9. The Morgan fingerprint density at radius 3 is 2.70 bits per heavy atom. The summed E-state index contributed by atoms with van der Waals surface area (Å²) in [6.07, 6.45) is 3.20. The first-order valence-corrected chi connectivity index (χ1v) is 8.70. The van der Waals surface area contributed by atoms with Gasteiger partial charge in [-0.1, -0.05) is 26.0 Å². The van der Waals surface area contributed by atoms with Gasteiger partial charge in [0.1, 0.15) is 0 Å². The van der Waals surface area contributed by atoms with Crippen LogP contribution in [0, 0.1) is 5.92 Å². The van der Waals surface area contributed by atoms with Crippen molar-refractivity contribution < 1.29 is 8.42 Å². The molecule has 5 N–H and O–H groups in total. The van der Waals surface area contributed by atoms with Crippen LogP contribution in [0.2, 0.25) is 0 Å². The second-order valence-electron chi connectivity index (χ2n) is 5.57. The van der Waals surface area contributed by atoms with Crippen LogP contribution in [0.25, 0.3) is 10.8 Å². The van der Waals surface area contributed by atoms with Gasteiger partial charge in [-0.3, -0.25) is 4.98 Å². The normalized spacial score (nSPS) is 13.2. The molecule has 0 radical (unpaired) electrons. The van der Waals surface area contributed by atoms with E-state index in [-0.39, 0.29) is 29.4 Å². The van der Waals surface area contributed by atoms with Crippen LogP contribution >= 0.6 is 0 Å². The van der Waals surface area contributed by atoms with Crippen molar-refractivity contribution in [3.05, 3.63) is 36.7 Å². The van der Waals surface area contributed by atoms with E-state index in [1.54, 1.807) is 30.6 Å². The molecule has 1 aromatic heterocycles. The maximum absolute atomic E-state index is 12.6. The van der Waals surface area contributed by atoms with Crippen molar-refractivity contribution in [1.29, 1.82) is 0 Å². The average Bonchev–Trinajstić information content (AvgIpc) is 2.50. The van der Waals surface area contributed by atoms with Gasteiger partial charge in [-0.05, 0) is 18.1 Å². The summed E-state index contributed by atoms with van der Waals surface area (Å²) in [5.74, 6) is 0.0376. The van der Waals surface area contributed by atoms with Crippen LogP contribution in [0.1, 0.15) is 13.8 Å². The number of aliphatic imine (C=N–C) groups is 1. The number of rotatable bonds is 6. The highest BCUT2D eigenvalue weighted by atomic mass is 32.2. The van der Waals surface area contributed by atoms with E-state index >= 15 is 0 Å². The van der Waals surface area contributed by atoms with Gasteiger partial charge in [0.05, 0.1) is 10.9 Å². The summed E-state index contributed by atoms with van der Waals surface area (Å²) < 4.78 is 27.8. The third kappa shape index (κ3) is 4.17. The molecule has 124 valence electrons. The van der Waals surface area contributed by atoms with Gasteiger partial charge in [0.2, 0.25) is 10.0 Å². The van der Waals surface area contributed by atoms with Crippen molar-refractivity contribution in [1.82, 2.24) is 9.71 Å². The number of hydrogen-bond donors (Lipinski definition) is 3. The molecular weight excluding hydrogens is 314 g/mol. The molecule has 0 aliphatic heterocycles. The van der Waals surface area contributed by atoms with Crippen LogP contribution in [-0.2, 0) is 10.0 Å². The van der Waals surface area contributed by atoms with E-state index in [9.17, 15) is 8.42 Å². The lowest BCUT2D eigenvalue weighted by Gasteiger charge is -2.18. The maximum atomic E-state index is 12.6. The molecule has 0 aliphatic rings. The first kappa shape index (κ1) is 17.2. The summed E-state index contributed by atoms with van der Waals surface area (Å²) in [6, 6.07) is 6.42. The number of pyridine rings is 1. The molecule has 8 heteroatoms. The van der Waals surface area contributed by atoms with Crippen LogP contribution in [0.4, 0.5) is 0 Å². The summed E-state index contributed by atoms with van der Waals surface area (Å²) in [4.78, 5) is 8.29. The smallest absolute Gasteiger partial charge is 0.241 e.